The summed E-state index contributed by atoms with van der Waals surface area (Å²) in [6.45, 7) is 4.14. The van der Waals surface area contributed by atoms with E-state index in [0.29, 0.717) is 12.2 Å². The third-order valence-corrected chi connectivity index (χ3v) is 4.43. The fraction of sp³-hybridized carbons (Fsp3) is 0.350. The standard InChI is InChI=1S/C20H23FN2O2/c1-2-25-19-8-6-15(7-9-19)20(24)22-17-10-12-23(13-11-17)18-5-3-4-16(21)14-18/h3-9,14,17H,2,10-13H2,1H3,(H,22,24). The Bertz CT molecular complexity index is 710. The van der Waals surface area contributed by atoms with Crippen molar-refractivity contribution in [3.63, 3.8) is 0 Å². The summed E-state index contributed by atoms with van der Waals surface area (Å²) in [7, 11) is 0. The van der Waals surface area contributed by atoms with E-state index in [1.165, 1.54) is 6.07 Å². The van der Waals surface area contributed by atoms with Crippen molar-refractivity contribution < 1.29 is 13.9 Å². The zero-order valence-electron chi connectivity index (χ0n) is 14.4. The number of amides is 1. The van der Waals surface area contributed by atoms with Gasteiger partial charge in [0.15, 0.2) is 0 Å². The number of hydrogen-bond acceptors (Lipinski definition) is 3. The van der Waals surface area contributed by atoms with Crippen LogP contribution in [0.15, 0.2) is 48.5 Å². The van der Waals surface area contributed by atoms with E-state index in [-0.39, 0.29) is 17.8 Å². The van der Waals surface area contributed by atoms with Gasteiger partial charge in [0, 0.05) is 30.4 Å². The second-order valence-corrected chi connectivity index (χ2v) is 6.17. The number of benzene rings is 2. The van der Waals surface area contributed by atoms with Gasteiger partial charge in [-0.15, -0.1) is 0 Å². The second-order valence-electron chi connectivity index (χ2n) is 6.17. The maximum atomic E-state index is 13.3. The summed E-state index contributed by atoms with van der Waals surface area (Å²) in [6.07, 6.45) is 1.69. The molecule has 25 heavy (non-hydrogen) atoms. The Morgan fingerprint density at radius 3 is 2.56 bits per heavy atom. The van der Waals surface area contributed by atoms with E-state index >= 15 is 0 Å². The first kappa shape index (κ1) is 17.3. The van der Waals surface area contributed by atoms with E-state index < -0.39 is 0 Å². The lowest BCUT2D eigenvalue weighted by Gasteiger charge is -2.34. The number of carbonyl (C=O) groups excluding carboxylic acids is 1. The van der Waals surface area contributed by atoms with E-state index in [9.17, 15) is 9.18 Å². The monoisotopic (exact) mass is 342 g/mol. The summed E-state index contributed by atoms with van der Waals surface area (Å²) in [6, 6.07) is 14.0. The van der Waals surface area contributed by atoms with Gasteiger partial charge in [-0.25, -0.2) is 4.39 Å². The van der Waals surface area contributed by atoms with Gasteiger partial charge < -0.3 is 15.0 Å². The highest BCUT2D eigenvalue weighted by atomic mass is 19.1. The minimum atomic E-state index is -0.219. The average molecular weight is 342 g/mol. The summed E-state index contributed by atoms with van der Waals surface area (Å²) in [4.78, 5) is 14.5. The van der Waals surface area contributed by atoms with E-state index in [1.807, 2.05) is 25.1 Å². The molecule has 5 heteroatoms. The van der Waals surface area contributed by atoms with Gasteiger partial charge in [-0.2, -0.15) is 0 Å². The number of nitrogens with one attached hydrogen (secondary N) is 1. The van der Waals surface area contributed by atoms with E-state index in [4.69, 9.17) is 4.74 Å². The molecule has 2 aromatic rings. The third-order valence-electron chi connectivity index (χ3n) is 4.43. The molecule has 3 rings (SSSR count). The average Bonchev–Trinajstić information content (AvgIpc) is 2.63. The summed E-state index contributed by atoms with van der Waals surface area (Å²) in [5.74, 6) is 0.484. The molecule has 0 aromatic heterocycles. The Labute approximate surface area is 147 Å². The molecule has 0 saturated carbocycles. The van der Waals surface area contributed by atoms with E-state index in [2.05, 4.69) is 10.2 Å². The number of halogens is 1. The predicted octanol–water partition coefficient (Wildman–Crippen LogP) is 3.62. The molecule has 0 radical (unpaired) electrons. The van der Waals surface area contributed by atoms with Gasteiger partial charge in [-0.05, 0) is 62.2 Å². The molecular weight excluding hydrogens is 319 g/mol. The molecule has 1 N–H and O–H groups in total. The van der Waals surface area contributed by atoms with Crippen LogP contribution in [-0.2, 0) is 0 Å². The number of nitrogens with zero attached hydrogens (tertiary/aromatic N) is 1. The molecule has 1 aliphatic heterocycles. The lowest BCUT2D eigenvalue weighted by molar-refractivity contribution is 0.0931. The lowest BCUT2D eigenvalue weighted by Crippen LogP contribution is -2.44. The largest absolute Gasteiger partial charge is 0.494 e. The Balaban J connectivity index is 1.52. The number of piperidine rings is 1. The van der Waals surface area contributed by atoms with Crippen molar-refractivity contribution in [3.8, 4) is 5.75 Å². The minimum Gasteiger partial charge on any atom is -0.494 e. The number of carbonyl (C=O) groups is 1. The van der Waals surface area contributed by atoms with Crippen LogP contribution in [0.1, 0.15) is 30.1 Å². The van der Waals surface area contributed by atoms with Crippen LogP contribution in [-0.4, -0.2) is 31.6 Å². The van der Waals surface area contributed by atoms with E-state index in [0.717, 1.165) is 37.4 Å². The second kappa shape index (κ2) is 8.01. The predicted molar refractivity (Wildman–Crippen MR) is 96.7 cm³/mol. The highest BCUT2D eigenvalue weighted by Crippen LogP contribution is 2.21. The number of ether oxygens (including phenoxy) is 1. The molecule has 0 atom stereocenters. The normalized spacial score (nSPS) is 15.0. The van der Waals surface area contributed by atoms with Crippen molar-refractivity contribution in [3.05, 3.63) is 59.9 Å². The van der Waals surface area contributed by atoms with Gasteiger partial charge in [0.05, 0.1) is 6.61 Å². The number of anilines is 1. The van der Waals surface area contributed by atoms with Gasteiger partial charge in [-0.3, -0.25) is 4.79 Å². The Morgan fingerprint density at radius 1 is 1.20 bits per heavy atom. The molecule has 0 aliphatic carbocycles. The van der Waals surface area contributed by atoms with Crippen molar-refractivity contribution in [2.75, 3.05) is 24.6 Å². The SMILES string of the molecule is CCOc1ccc(C(=O)NC2CCN(c3cccc(F)c3)CC2)cc1. The third kappa shape index (κ3) is 4.50. The van der Waals surface area contributed by atoms with Crippen molar-refractivity contribution >= 4 is 11.6 Å². The van der Waals surface area contributed by atoms with Crippen LogP contribution in [0.25, 0.3) is 0 Å². The molecule has 0 unspecified atom stereocenters. The minimum absolute atomic E-state index is 0.0627. The van der Waals surface area contributed by atoms with Crippen LogP contribution in [0, 0.1) is 5.82 Å². The van der Waals surface area contributed by atoms with Crippen LogP contribution in [0.2, 0.25) is 0 Å². The van der Waals surface area contributed by atoms with Crippen molar-refractivity contribution in [1.29, 1.82) is 0 Å². The first-order valence-corrected chi connectivity index (χ1v) is 8.70. The zero-order chi connectivity index (χ0) is 17.6. The maximum Gasteiger partial charge on any atom is 0.251 e. The van der Waals surface area contributed by atoms with Crippen LogP contribution < -0.4 is 15.0 Å². The quantitative estimate of drug-likeness (QED) is 0.902. The molecule has 1 fully saturated rings. The molecule has 2 aromatic carbocycles. The molecule has 1 saturated heterocycles. The van der Waals surface area contributed by atoms with Crippen LogP contribution in [0.3, 0.4) is 0 Å². The van der Waals surface area contributed by atoms with Gasteiger partial charge >= 0.3 is 0 Å². The molecule has 132 valence electrons. The zero-order valence-corrected chi connectivity index (χ0v) is 14.4. The first-order chi connectivity index (χ1) is 12.2. The fourth-order valence-electron chi connectivity index (χ4n) is 3.09. The summed E-state index contributed by atoms with van der Waals surface area (Å²) >= 11 is 0. The molecule has 0 spiro atoms. The first-order valence-electron chi connectivity index (χ1n) is 8.70. The highest BCUT2D eigenvalue weighted by Gasteiger charge is 2.21. The van der Waals surface area contributed by atoms with Crippen molar-refractivity contribution in [1.82, 2.24) is 5.32 Å². The summed E-state index contributed by atoms with van der Waals surface area (Å²) in [5, 5.41) is 3.09. The van der Waals surface area contributed by atoms with Crippen molar-refractivity contribution in [2.45, 2.75) is 25.8 Å². The molecule has 0 bridgehead atoms. The number of hydrogen-bond donors (Lipinski definition) is 1. The topological polar surface area (TPSA) is 41.6 Å². The maximum absolute atomic E-state index is 13.3. The molecule has 1 aliphatic rings. The van der Waals surface area contributed by atoms with Crippen molar-refractivity contribution in [2.24, 2.45) is 0 Å². The number of rotatable bonds is 5. The smallest absolute Gasteiger partial charge is 0.251 e. The Morgan fingerprint density at radius 2 is 1.92 bits per heavy atom. The van der Waals surface area contributed by atoms with Crippen LogP contribution >= 0.6 is 0 Å². The Hall–Kier alpha value is -2.56. The molecule has 1 heterocycles. The summed E-state index contributed by atoms with van der Waals surface area (Å²) < 4.78 is 18.7. The molecular formula is C20H23FN2O2. The highest BCUT2D eigenvalue weighted by molar-refractivity contribution is 5.94. The lowest BCUT2D eigenvalue weighted by atomic mass is 10.0. The molecule has 1 amide bonds. The van der Waals surface area contributed by atoms with Gasteiger partial charge in [0.2, 0.25) is 0 Å². The van der Waals surface area contributed by atoms with Crippen LogP contribution in [0.4, 0.5) is 10.1 Å². The fourth-order valence-corrected chi connectivity index (χ4v) is 3.09. The Kier molecular flexibility index (Phi) is 5.53. The van der Waals surface area contributed by atoms with Crippen LogP contribution in [0.5, 0.6) is 5.75 Å². The van der Waals surface area contributed by atoms with Gasteiger partial charge in [0.25, 0.3) is 5.91 Å². The van der Waals surface area contributed by atoms with Gasteiger partial charge in [-0.1, -0.05) is 6.07 Å². The van der Waals surface area contributed by atoms with Gasteiger partial charge in [0.1, 0.15) is 11.6 Å². The summed E-state index contributed by atoms with van der Waals surface area (Å²) in [5.41, 5.74) is 1.53. The molecule has 4 nitrogen and oxygen atoms in total. The van der Waals surface area contributed by atoms with E-state index in [1.54, 1.807) is 24.3 Å².